The molecule has 5 nitrogen and oxygen atoms in total. The molecule has 0 aromatic heterocycles. The Labute approximate surface area is 88.3 Å². The molecule has 4 atom stereocenters. The van der Waals surface area contributed by atoms with Gasteiger partial charge in [0, 0.05) is 13.0 Å². The zero-order chi connectivity index (χ0) is 10.7. The van der Waals surface area contributed by atoms with E-state index in [9.17, 15) is 0 Å². The summed E-state index contributed by atoms with van der Waals surface area (Å²) >= 11 is 0. The van der Waals surface area contributed by atoms with Crippen LogP contribution < -0.4 is 0 Å². The quantitative estimate of drug-likeness (QED) is 0.705. The van der Waals surface area contributed by atoms with Crippen LogP contribution in [-0.4, -0.2) is 48.2 Å². The molecule has 3 rings (SSSR count). The highest BCUT2D eigenvalue weighted by molar-refractivity contribution is 5.06. The molecule has 3 aliphatic heterocycles. The standard InChI is InChI=1S/C10H16O5/c1-9(2)14-7-6-5-12-10(13-6,3-4-11)8(7)15-9/h6-8,11H,3-5H2,1-2H3/t6-,7-,8-,10-/m1/s1. The SMILES string of the molecule is CC1(C)O[C@H]2[C@@H](O1)[C@]1(CCO)OC[C@H]2O1. The molecule has 15 heavy (non-hydrogen) atoms. The maximum atomic E-state index is 9.04. The largest absolute Gasteiger partial charge is 0.396 e. The second kappa shape index (κ2) is 2.93. The second-order valence-electron chi connectivity index (χ2n) is 4.77. The van der Waals surface area contributed by atoms with Gasteiger partial charge in [-0.2, -0.15) is 0 Å². The first-order chi connectivity index (χ1) is 7.06. The summed E-state index contributed by atoms with van der Waals surface area (Å²) in [4.78, 5) is 0. The van der Waals surface area contributed by atoms with Gasteiger partial charge in [-0.15, -0.1) is 0 Å². The Bertz CT molecular complexity index is 279. The minimum atomic E-state index is -0.780. The molecule has 0 unspecified atom stereocenters. The lowest BCUT2D eigenvalue weighted by atomic mass is 10.0. The van der Waals surface area contributed by atoms with Crippen LogP contribution in [0.2, 0.25) is 0 Å². The fourth-order valence-electron chi connectivity index (χ4n) is 2.69. The van der Waals surface area contributed by atoms with Crippen LogP contribution in [0.1, 0.15) is 20.3 Å². The van der Waals surface area contributed by atoms with Gasteiger partial charge < -0.3 is 24.1 Å². The number of aliphatic hydroxyl groups is 1. The molecular weight excluding hydrogens is 200 g/mol. The van der Waals surface area contributed by atoms with E-state index in [4.69, 9.17) is 24.1 Å². The summed E-state index contributed by atoms with van der Waals surface area (Å²) in [6, 6.07) is 0. The summed E-state index contributed by atoms with van der Waals surface area (Å²) in [6.07, 6.45) is 0.117. The first-order valence-corrected chi connectivity index (χ1v) is 5.35. The van der Waals surface area contributed by atoms with Gasteiger partial charge in [0.2, 0.25) is 0 Å². The van der Waals surface area contributed by atoms with Gasteiger partial charge in [0.15, 0.2) is 11.6 Å². The Morgan fingerprint density at radius 2 is 2.07 bits per heavy atom. The molecule has 3 aliphatic rings. The topological polar surface area (TPSA) is 57.2 Å². The Balaban J connectivity index is 1.87. The van der Waals surface area contributed by atoms with Crippen LogP contribution in [0.4, 0.5) is 0 Å². The molecule has 1 N–H and O–H groups in total. The third kappa shape index (κ3) is 1.28. The van der Waals surface area contributed by atoms with Crippen molar-refractivity contribution in [3.05, 3.63) is 0 Å². The highest BCUT2D eigenvalue weighted by Crippen LogP contribution is 2.50. The third-order valence-corrected chi connectivity index (χ3v) is 3.23. The van der Waals surface area contributed by atoms with Gasteiger partial charge in [-0.25, -0.2) is 0 Å². The van der Waals surface area contributed by atoms with E-state index < -0.39 is 11.6 Å². The summed E-state index contributed by atoms with van der Waals surface area (Å²) in [5.41, 5.74) is 0. The summed E-state index contributed by atoms with van der Waals surface area (Å²) in [6.45, 7) is 4.33. The van der Waals surface area contributed by atoms with Gasteiger partial charge in [-0.3, -0.25) is 0 Å². The smallest absolute Gasteiger partial charge is 0.200 e. The van der Waals surface area contributed by atoms with E-state index in [1.165, 1.54) is 0 Å². The minimum absolute atomic E-state index is 0.0275. The molecule has 0 spiro atoms. The van der Waals surface area contributed by atoms with E-state index in [0.29, 0.717) is 13.0 Å². The molecule has 0 aromatic carbocycles. The van der Waals surface area contributed by atoms with E-state index in [-0.39, 0.29) is 24.9 Å². The van der Waals surface area contributed by atoms with E-state index in [1.807, 2.05) is 13.8 Å². The lowest BCUT2D eigenvalue weighted by Crippen LogP contribution is -2.47. The number of ether oxygens (including phenoxy) is 4. The minimum Gasteiger partial charge on any atom is -0.396 e. The summed E-state index contributed by atoms with van der Waals surface area (Å²) in [5.74, 6) is -1.36. The van der Waals surface area contributed by atoms with Crippen molar-refractivity contribution in [3.63, 3.8) is 0 Å². The van der Waals surface area contributed by atoms with Crippen LogP contribution >= 0.6 is 0 Å². The molecule has 0 amide bonds. The van der Waals surface area contributed by atoms with Gasteiger partial charge >= 0.3 is 0 Å². The average Bonchev–Trinajstić information content (AvgIpc) is 2.73. The predicted octanol–water partition coefficient (Wildman–Crippen LogP) is 0.0142. The summed E-state index contributed by atoms with van der Waals surface area (Å²) in [7, 11) is 0. The molecule has 3 saturated heterocycles. The summed E-state index contributed by atoms with van der Waals surface area (Å²) in [5, 5.41) is 9.04. The lowest BCUT2D eigenvalue weighted by molar-refractivity contribution is -0.245. The number of hydrogen-bond acceptors (Lipinski definition) is 5. The van der Waals surface area contributed by atoms with Crippen molar-refractivity contribution in [1.29, 1.82) is 0 Å². The van der Waals surface area contributed by atoms with Crippen LogP contribution in [0.3, 0.4) is 0 Å². The van der Waals surface area contributed by atoms with Crippen molar-refractivity contribution in [3.8, 4) is 0 Å². The molecule has 86 valence electrons. The molecule has 0 aliphatic carbocycles. The van der Waals surface area contributed by atoms with Gasteiger partial charge in [0.1, 0.15) is 18.3 Å². The van der Waals surface area contributed by atoms with Gasteiger partial charge in [-0.05, 0) is 13.8 Å². The van der Waals surface area contributed by atoms with Crippen LogP contribution in [0.15, 0.2) is 0 Å². The van der Waals surface area contributed by atoms with Crippen LogP contribution in [0.25, 0.3) is 0 Å². The number of fused-ring (bicyclic) bond motifs is 5. The molecule has 3 heterocycles. The highest BCUT2D eigenvalue weighted by Gasteiger charge is 2.67. The molecule has 0 saturated carbocycles. The Morgan fingerprint density at radius 1 is 1.27 bits per heavy atom. The molecule has 2 bridgehead atoms. The second-order valence-corrected chi connectivity index (χ2v) is 4.77. The van der Waals surface area contributed by atoms with Crippen LogP contribution in [0, 0.1) is 0 Å². The van der Waals surface area contributed by atoms with E-state index in [1.54, 1.807) is 0 Å². The Kier molecular flexibility index (Phi) is 1.95. The fourth-order valence-corrected chi connectivity index (χ4v) is 2.69. The zero-order valence-electron chi connectivity index (χ0n) is 8.93. The number of aliphatic hydroxyl groups excluding tert-OH is 1. The first kappa shape index (κ1) is 9.99. The molecular formula is C10H16O5. The van der Waals surface area contributed by atoms with Crippen LogP contribution in [0.5, 0.6) is 0 Å². The monoisotopic (exact) mass is 216 g/mol. The maximum absolute atomic E-state index is 9.04. The normalized spacial score (nSPS) is 51.0. The lowest BCUT2D eigenvalue weighted by Gasteiger charge is -2.30. The van der Waals surface area contributed by atoms with Crippen LogP contribution in [-0.2, 0) is 18.9 Å². The average molecular weight is 216 g/mol. The predicted molar refractivity (Wildman–Crippen MR) is 49.1 cm³/mol. The van der Waals surface area contributed by atoms with Gasteiger partial charge in [0.25, 0.3) is 0 Å². The fraction of sp³-hybridized carbons (Fsp3) is 1.00. The Hall–Kier alpha value is -0.200. The third-order valence-electron chi connectivity index (χ3n) is 3.23. The van der Waals surface area contributed by atoms with E-state index in [2.05, 4.69) is 0 Å². The molecule has 5 heteroatoms. The highest BCUT2D eigenvalue weighted by atomic mass is 16.8. The van der Waals surface area contributed by atoms with E-state index >= 15 is 0 Å². The van der Waals surface area contributed by atoms with Crippen molar-refractivity contribution >= 4 is 0 Å². The van der Waals surface area contributed by atoms with Crippen molar-refractivity contribution in [2.45, 2.75) is 50.2 Å². The summed E-state index contributed by atoms with van der Waals surface area (Å²) < 4.78 is 22.9. The molecule has 0 radical (unpaired) electrons. The number of hydrogen-bond donors (Lipinski definition) is 1. The molecule has 3 fully saturated rings. The number of rotatable bonds is 2. The van der Waals surface area contributed by atoms with E-state index in [0.717, 1.165) is 0 Å². The van der Waals surface area contributed by atoms with Crippen molar-refractivity contribution in [2.24, 2.45) is 0 Å². The van der Waals surface area contributed by atoms with Crippen molar-refractivity contribution < 1.29 is 24.1 Å². The molecule has 0 aromatic rings. The van der Waals surface area contributed by atoms with Crippen molar-refractivity contribution in [1.82, 2.24) is 0 Å². The van der Waals surface area contributed by atoms with Gasteiger partial charge in [-0.1, -0.05) is 0 Å². The van der Waals surface area contributed by atoms with Crippen molar-refractivity contribution in [2.75, 3.05) is 13.2 Å². The van der Waals surface area contributed by atoms with Gasteiger partial charge in [0.05, 0.1) is 6.61 Å². The maximum Gasteiger partial charge on any atom is 0.200 e. The first-order valence-electron chi connectivity index (χ1n) is 5.35. The Morgan fingerprint density at radius 3 is 2.80 bits per heavy atom. The zero-order valence-corrected chi connectivity index (χ0v) is 8.93.